The van der Waals surface area contributed by atoms with Gasteiger partial charge in [-0.1, -0.05) is 38.1 Å². The maximum atomic E-state index is 12.7. The lowest BCUT2D eigenvalue weighted by molar-refractivity contribution is 0.0746. The molecule has 1 aliphatic heterocycles. The number of nitrogens with zero attached hydrogens (tertiary/aromatic N) is 2. The minimum absolute atomic E-state index is 0.0793. The van der Waals surface area contributed by atoms with Crippen LogP contribution in [-0.4, -0.2) is 44.1 Å². The Kier molecular flexibility index (Phi) is 5.27. The average molecular weight is 338 g/mol. The Morgan fingerprint density at radius 2 is 1.72 bits per heavy atom. The zero-order valence-electron chi connectivity index (χ0n) is 15.2. The van der Waals surface area contributed by atoms with E-state index in [1.807, 2.05) is 29.2 Å². The fourth-order valence-electron chi connectivity index (χ4n) is 3.35. The standard InChI is InChI=1S/C21H26N2O2/c1-16(2)19-9-4-5-10-20(19)22-11-13-23(14-12-22)21(24)17-7-6-8-18(15-17)25-3/h4-10,15-16H,11-14H2,1-3H3. The molecular weight excluding hydrogens is 312 g/mol. The first-order valence-electron chi connectivity index (χ1n) is 8.87. The van der Waals surface area contributed by atoms with Crippen LogP contribution >= 0.6 is 0 Å². The summed E-state index contributed by atoms with van der Waals surface area (Å²) in [6.07, 6.45) is 0. The van der Waals surface area contributed by atoms with Gasteiger partial charge in [-0.25, -0.2) is 0 Å². The number of benzene rings is 2. The Hall–Kier alpha value is -2.49. The van der Waals surface area contributed by atoms with Gasteiger partial charge < -0.3 is 14.5 Å². The topological polar surface area (TPSA) is 32.8 Å². The van der Waals surface area contributed by atoms with Crippen LogP contribution in [0.25, 0.3) is 0 Å². The van der Waals surface area contributed by atoms with Gasteiger partial charge in [0, 0.05) is 37.4 Å². The van der Waals surface area contributed by atoms with Crippen molar-refractivity contribution in [3.63, 3.8) is 0 Å². The number of amides is 1. The normalized spacial score (nSPS) is 14.7. The highest BCUT2D eigenvalue weighted by Gasteiger charge is 2.24. The fourth-order valence-corrected chi connectivity index (χ4v) is 3.35. The van der Waals surface area contributed by atoms with E-state index in [2.05, 4.69) is 43.0 Å². The first-order valence-corrected chi connectivity index (χ1v) is 8.87. The highest BCUT2D eigenvalue weighted by molar-refractivity contribution is 5.94. The molecule has 1 heterocycles. The molecule has 0 bridgehead atoms. The lowest BCUT2D eigenvalue weighted by Crippen LogP contribution is -2.49. The van der Waals surface area contributed by atoms with E-state index in [-0.39, 0.29) is 5.91 Å². The van der Waals surface area contributed by atoms with Crippen LogP contribution in [0.15, 0.2) is 48.5 Å². The van der Waals surface area contributed by atoms with E-state index in [0.29, 0.717) is 11.5 Å². The second-order valence-corrected chi connectivity index (χ2v) is 6.72. The van der Waals surface area contributed by atoms with Gasteiger partial charge in [-0.15, -0.1) is 0 Å². The summed E-state index contributed by atoms with van der Waals surface area (Å²) in [6.45, 7) is 7.65. The molecule has 2 aromatic carbocycles. The number of carbonyl (C=O) groups is 1. The van der Waals surface area contributed by atoms with Gasteiger partial charge in [-0.3, -0.25) is 4.79 Å². The molecule has 3 rings (SSSR count). The Morgan fingerprint density at radius 3 is 2.40 bits per heavy atom. The van der Waals surface area contributed by atoms with Gasteiger partial charge in [0.15, 0.2) is 0 Å². The van der Waals surface area contributed by atoms with Crippen LogP contribution in [0.3, 0.4) is 0 Å². The van der Waals surface area contributed by atoms with Crippen LogP contribution in [0.1, 0.15) is 35.7 Å². The van der Waals surface area contributed by atoms with Gasteiger partial charge in [0.05, 0.1) is 7.11 Å². The summed E-state index contributed by atoms with van der Waals surface area (Å²) in [5.41, 5.74) is 3.36. The van der Waals surface area contributed by atoms with Crippen LogP contribution in [0.2, 0.25) is 0 Å². The molecule has 0 aliphatic carbocycles. The van der Waals surface area contributed by atoms with Gasteiger partial charge in [-0.2, -0.15) is 0 Å². The average Bonchev–Trinajstić information content (AvgIpc) is 2.67. The number of para-hydroxylation sites is 1. The first kappa shape index (κ1) is 17.3. The van der Waals surface area contributed by atoms with E-state index < -0.39 is 0 Å². The molecule has 0 radical (unpaired) electrons. The van der Waals surface area contributed by atoms with E-state index >= 15 is 0 Å². The summed E-state index contributed by atoms with van der Waals surface area (Å²) in [6, 6.07) is 16.0. The molecule has 4 nitrogen and oxygen atoms in total. The number of piperazine rings is 1. The van der Waals surface area contributed by atoms with E-state index in [4.69, 9.17) is 4.74 Å². The van der Waals surface area contributed by atoms with E-state index in [9.17, 15) is 4.79 Å². The monoisotopic (exact) mass is 338 g/mol. The third kappa shape index (κ3) is 3.78. The molecular formula is C21H26N2O2. The molecule has 0 atom stereocenters. The molecule has 25 heavy (non-hydrogen) atoms. The van der Waals surface area contributed by atoms with Crippen molar-refractivity contribution < 1.29 is 9.53 Å². The minimum atomic E-state index is 0.0793. The highest BCUT2D eigenvalue weighted by atomic mass is 16.5. The van der Waals surface area contributed by atoms with Crippen molar-refractivity contribution in [3.05, 3.63) is 59.7 Å². The number of hydrogen-bond donors (Lipinski definition) is 0. The van der Waals surface area contributed by atoms with Crippen molar-refractivity contribution in [1.29, 1.82) is 0 Å². The summed E-state index contributed by atoms with van der Waals surface area (Å²) in [5, 5.41) is 0. The summed E-state index contributed by atoms with van der Waals surface area (Å²) in [5.74, 6) is 1.29. The van der Waals surface area contributed by atoms with Crippen molar-refractivity contribution in [2.45, 2.75) is 19.8 Å². The van der Waals surface area contributed by atoms with Crippen LogP contribution in [-0.2, 0) is 0 Å². The van der Waals surface area contributed by atoms with Gasteiger partial charge in [-0.05, 0) is 35.7 Å². The molecule has 0 saturated carbocycles. The summed E-state index contributed by atoms with van der Waals surface area (Å²) >= 11 is 0. The number of rotatable bonds is 4. The smallest absolute Gasteiger partial charge is 0.254 e. The Morgan fingerprint density at radius 1 is 1.00 bits per heavy atom. The van der Waals surface area contributed by atoms with Crippen molar-refractivity contribution in [1.82, 2.24) is 4.90 Å². The van der Waals surface area contributed by atoms with Gasteiger partial charge in [0.1, 0.15) is 5.75 Å². The maximum absolute atomic E-state index is 12.7. The lowest BCUT2D eigenvalue weighted by atomic mass is 10.00. The zero-order chi connectivity index (χ0) is 17.8. The SMILES string of the molecule is COc1cccc(C(=O)N2CCN(c3ccccc3C(C)C)CC2)c1. The second kappa shape index (κ2) is 7.60. The lowest BCUT2D eigenvalue weighted by Gasteiger charge is -2.37. The van der Waals surface area contributed by atoms with E-state index in [1.54, 1.807) is 7.11 Å². The Bertz CT molecular complexity index is 734. The summed E-state index contributed by atoms with van der Waals surface area (Å²) in [4.78, 5) is 17.1. The number of methoxy groups -OCH3 is 1. The van der Waals surface area contributed by atoms with Crippen molar-refractivity contribution in [3.8, 4) is 5.75 Å². The first-order chi connectivity index (χ1) is 12.1. The van der Waals surface area contributed by atoms with Crippen LogP contribution in [0.5, 0.6) is 5.75 Å². The van der Waals surface area contributed by atoms with Crippen LogP contribution < -0.4 is 9.64 Å². The Labute approximate surface area is 150 Å². The predicted molar refractivity (Wildman–Crippen MR) is 102 cm³/mol. The quantitative estimate of drug-likeness (QED) is 0.850. The van der Waals surface area contributed by atoms with Gasteiger partial charge in [0.2, 0.25) is 0 Å². The number of anilines is 1. The van der Waals surface area contributed by atoms with E-state index in [1.165, 1.54) is 11.3 Å². The number of ether oxygens (including phenoxy) is 1. The molecule has 1 aliphatic rings. The van der Waals surface area contributed by atoms with Crippen LogP contribution in [0.4, 0.5) is 5.69 Å². The number of carbonyl (C=O) groups excluding carboxylic acids is 1. The summed E-state index contributed by atoms with van der Waals surface area (Å²) < 4.78 is 5.22. The third-order valence-electron chi connectivity index (χ3n) is 4.78. The largest absolute Gasteiger partial charge is 0.497 e. The minimum Gasteiger partial charge on any atom is -0.497 e. The van der Waals surface area contributed by atoms with Crippen LogP contribution in [0, 0.1) is 0 Å². The molecule has 0 N–H and O–H groups in total. The predicted octanol–water partition coefficient (Wildman–Crippen LogP) is 3.78. The summed E-state index contributed by atoms with van der Waals surface area (Å²) in [7, 11) is 1.62. The van der Waals surface area contributed by atoms with E-state index in [0.717, 1.165) is 31.9 Å². The second-order valence-electron chi connectivity index (χ2n) is 6.72. The molecule has 0 unspecified atom stereocenters. The molecule has 2 aromatic rings. The molecule has 4 heteroatoms. The van der Waals surface area contributed by atoms with Gasteiger partial charge in [0.25, 0.3) is 5.91 Å². The molecule has 0 aromatic heterocycles. The zero-order valence-corrected chi connectivity index (χ0v) is 15.2. The van der Waals surface area contributed by atoms with Crippen molar-refractivity contribution in [2.24, 2.45) is 0 Å². The molecule has 1 saturated heterocycles. The van der Waals surface area contributed by atoms with Crippen molar-refractivity contribution in [2.75, 3.05) is 38.2 Å². The molecule has 132 valence electrons. The fraction of sp³-hybridized carbons (Fsp3) is 0.381. The molecule has 0 spiro atoms. The van der Waals surface area contributed by atoms with Gasteiger partial charge >= 0.3 is 0 Å². The van der Waals surface area contributed by atoms with Crippen molar-refractivity contribution >= 4 is 11.6 Å². The highest BCUT2D eigenvalue weighted by Crippen LogP contribution is 2.28. The third-order valence-corrected chi connectivity index (χ3v) is 4.78. The molecule has 1 amide bonds. The Balaban J connectivity index is 1.69. The number of hydrogen-bond acceptors (Lipinski definition) is 3. The maximum Gasteiger partial charge on any atom is 0.254 e. The molecule has 1 fully saturated rings.